The van der Waals surface area contributed by atoms with Crippen LogP contribution in [0.4, 0.5) is 16.3 Å². The van der Waals surface area contributed by atoms with Gasteiger partial charge in [-0.3, -0.25) is 10.1 Å². The highest BCUT2D eigenvalue weighted by Crippen LogP contribution is 2.29. The fourth-order valence-electron chi connectivity index (χ4n) is 6.23. The van der Waals surface area contributed by atoms with Gasteiger partial charge in [-0.2, -0.15) is 5.10 Å². The number of rotatable bonds is 9. The van der Waals surface area contributed by atoms with Gasteiger partial charge in [-0.05, 0) is 73.9 Å². The molecule has 1 unspecified atom stereocenters. The average molecular weight is 648 g/mol. The number of carbonyl (C=O) groups excluding carboxylic acids is 2. The number of nitrogens with one attached hydrogen (secondary N) is 2. The first-order valence-corrected chi connectivity index (χ1v) is 16.7. The van der Waals surface area contributed by atoms with Crippen LogP contribution in [0.3, 0.4) is 0 Å². The molecular weight excluding hydrogens is 602 g/mol. The van der Waals surface area contributed by atoms with Gasteiger partial charge in [0.15, 0.2) is 0 Å². The summed E-state index contributed by atoms with van der Waals surface area (Å²) in [5, 5.41) is 10.8. The number of likely N-dealkylation sites (tertiary alicyclic amines) is 1. The zero-order chi connectivity index (χ0) is 33.7. The number of aromatic nitrogens is 2. The lowest BCUT2D eigenvalue weighted by Crippen LogP contribution is -2.43. The zero-order valence-corrected chi connectivity index (χ0v) is 28.2. The molecule has 3 heterocycles. The summed E-state index contributed by atoms with van der Waals surface area (Å²) in [7, 11) is 0. The van der Waals surface area contributed by atoms with Crippen LogP contribution in [0.2, 0.25) is 0 Å². The van der Waals surface area contributed by atoms with Crippen LogP contribution in [0.1, 0.15) is 56.0 Å². The molecule has 9 nitrogen and oxygen atoms in total. The molecular formula is C39H45N5O4. The van der Waals surface area contributed by atoms with E-state index in [4.69, 9.17) is 14.6 Å². The Kier molecular flexibility index (Phi) is 9.85. The van der Waals surface area contributed by atoms with Crippen molar-refractivity contribution in [2.75, 3.05) is 30.5 Å². The van der Waals surface area contributed by atoms with Gasteiger partial charge in [0.25, 0.3) is 0 Å². The number of anilines is 2. The van der Waals surface area contributed by atoms with Crippen LogP contribution in [0.25, 0.3) is 5.69 Å². The number of carbonyl (C=O) groups is 2. The van der Waals surface area contributed by atoms with Crippen molar-refractivity contribution in [3.63, 3.8) is 0 Å². The smallest absolute Gasteiger partial charge is 0.324 e. The molecule has 6 rings (SSSR count). The van der Waals surface area contributed by atoms with Crippen molar-refractivity contribution in [1.82, 2.24) is 14.7 Å². The largest absolute Gasteiger partial charge is 0.462 e. The second-order valence-electron chi connectivity index (χ2n) is 13.9. The van der Waals surface area contributed by atoms with E-state index in [1.54, 1.807) is 10.9 Å². The molecule has 2 N–H and O–H groups in total. The molecule has 0 aliphatic carbocycles. The molecule has 2 aliphatic heterocycles. The Morgan fingerprint density at radius 1 is 0.917 bits per heavy atom. The van der Waals surface area contributed by atoms with Gasteiger partial charge < -0.3 is 19.7 Å². The zero-order valence-electron chi connectivity index (χ0n) is 28.2. The highest BCUT2D eigenvalue weighted by atomic mass is 16.7. The Balaban J connectivity index is 1.02. The van der Waals surface area contributed by atoms with Gasteiger partial charge in [-0.1, -0.05) is 80.9 Å². The van der Waals surface area contributed by atoms with E-state index in [0.29, 0.717) is 29.6 Å². The number of nitrogens with zero attached hydrogens (tertiary/aromatic N) is 3. The van der Waals surface area contributed by atoms with Crippen molar-refractivity contribution in [2.45, 2.75) is 58.8 Å². The Bertz CT molecular complexity index is 1730. The highest BCUT2D eigenvalue weighted by molar-refractivity contribution is 5.99. The van der Waals surface area contributed by atoms with Gasteiger partial charge in [0.05, 0.1) is 11.4 Å². The minimum absolute atomic E-state index is 0.0966. The molecule has 9 heteroatoms. The van der Waals surface area contributed by atoms with E-state index in [0.717, 1.165) is 54.9 Å². The van der Waals surface area contributed by atoms with Crippen LogP contribution in [0.15, 0.2) is 97.0 Å². The SMILES string of the molecule is Cc1ccc(-n2nc(C(C)(C)C)cc2NC(=O)Nc2ccc(CC3CCN(C(=O)C(Cc4ccccc4)C4=COCO4)CC3)cc2)cc1. The van der Waals surface area contributed by atoms with Crippen LogP contribution in [0, 0.1) is 18.8 Å². The van der Waals surface area contributed by atoms with Gasteiger partial charge in [-0.25, -0.2) is 9.48 Å². The van der Waals surface area contributed by atoms with Gasteiger partial charge >= 0.3 is 6.03 Å². The van der Waals surface area contributed by atoms with Gasteiger partial charge in [0, 0.05) is 30.3 Å². The van der Waals surface area contributed by atoms with Crippen molar-refractivity contribution in [3.8, 4) is 5.69 Å². The van der Waals surface area contributed by atoms with Crippen LogP contribution in [0.5, 0.6) is 0 Å². The van der Waals surface area contributed by atoms with Crippen molar-refractivity contribution in [3.05, 3.63) is 119 Å². The molecule has 0 saturated carbocycles. The number of urea groups is 1. The molecule has 0 bridgehead atoms. The number of aryl methyl sites for hydroxylation is 1. The lowest BCUT2D eigenvalue weighted by molar-refractivity contribution is -0.136. The summed E-state index contributed by atoms with van der Waals surface area (Å²) in [6.45, 7) is 9.95. The Morgan fingerprint density at radius 3 is 2.27 bits per heavy atom. The first-order valence-electron chi connectivity index (χ1n) is 16.7. The van der Waals surface area contributed by atoms with Crippen molar-refractivity contribution >= 4 is 23.4 Å². The fraction of sp³-hybridized carbons (Fsp3) is 0.359. The molecule has 3 amide bonds. The molecule has 0 spiro atoms. The Hall–Kier alpha value is -5.05. The predicted molar refractivity (Wildman–Crippen MR) is 188 cm³/mol. The number of hydrogen-bond donors (Lipinski definition) is 2. The van der Waals surface area contributed by atoms with E-state index in [9.17, 15) is 9.59 Å². The third kappa shape index (κ3) is 8.08. The lowest BCUT2D eigenvalue weighted by Gasteiger charge is -2.34. The van der Waals surface area contributed by atoms with Crippen LogP contribution in [-0.4, -0.2) is 46.5 Å². The first kappa shape index (κ1) is 32.9. The third-order valence-electron chi connectivity index (χ3n) is 9.08. The maximum Gasteiger partial charge on any atom is 0.324 e. The summed E-state index contributed by atoms with van der Waals surface area (Å²) >= 11 is 0. The standard InChI is InChI=1S/C39H45N5O4/c1-27-10-16-32(17-11-27)44-36(24-35(42-44)39(2,3)4)41-38(46)40-31-14-12-29(13-15-31)22-30-18-20-43(21-19-30)37(45)33(34-25-47-26-48-34)23-28-8-6-5-7-9-28/h5-17,24-25,30,33H,18-23,26H2,1-4H3,(H2,40,41,46). The van der Waals surface area contributed by atoms with Gasteiger partial charge in [-0.15, -0.1) is 0 Å². The van der Waals surface area contributed by atoms with E-state index in [1.807, 2.05) is 84.6 Å². The van der Waals surface area contributed by atoms with E-state index >= 15 is 0 Å². The molecule has 1 saturated heterocycles. The normalized spacial score (nSPS) is 15.7. The molecule has 250 valence electrons. The molecule has 3 aromatic carbocycles. The Labute approximate surface area is 282 Å². The maximum atomic E-state index is 13.6. The summed E-state index contributed by atoms with van der Waals surface area (Å²) in [5.41, 5.74) is 5.78. The third-order valence-corrected chi connectivity index (χ3v) is 9.08. The van der Waals surface area contributed by atoms with Crippen LogP contribution in [-0.2, 0) is 32.5 Å². The van der Waals surface area contributed by atoms with E-state index in [1.165, 1.54) is 5.56 Å². The lowest BCUT2D eigenvalue weighted by atomic mass is 9.89. The van der Waals surface area contributed by atoms with E-state index in [2.05, 4.69) is 43.5 Å². The highest BCUT2D eigenvalue weighted by Gasteiger charge is 2.33. The maximum absolute atomic E-state index is 13.6. The molecule has 2 aliphatic rings. The summed E-state index contributed by atoms with van der Waals surface area (Å²) < 4.78 is 12.7. The minimum Gasteiger partial charge on any atom is -0.462 e. The van der Waals surface area contributed by atoms with Gasteiger partial charge in [0.1, 0.15) is 23.8 Å². The van der Waals surface area contributed by atoms with Crippen LogP contribution >= 0.6 is 0 Å². The minimum atomic E-state index is -0.382. The number of ether oxygens (including phenoxy) is 2. The first-order chi connectivity index (χ1) is 23.1. The van der Waals surface area contributed by atoms with Crippen molar-refractivity contribution in [2.24, 2.45) is 11.8 Å². The average Bonchev–Trinajstić information content (AvgIpc) is 3.77. The summed E-state index contributed by atoms with van der Waals surface area (Å²) in [6.07, 6.45) is 4.97. The van der Waals surface area contributed by atoms with Gasteiger partial charge in [0.2, 0.25) is 12.7 Å². The fourth-order valence-corrected chi connectivity index (χ4v) is 6.23. The molecule has 4 aromatic rings. The second-order valence-corrected chi connectivity index (χ2v) is 13.9. The summed E-state index contributed by atoms with van der Waals surface area (Å²) in [6, 6.07) is 27.7. The number of piperidine rings is 1. The monoisotopic (exact) mass is 647 g/mol. The van der Waals surface area contributed by atoms with E-state index < -0.39 is 0 Å². The number of hydrogen-bond acceptors (Lipinski definition) is 5. The summed E-state index contributed by atoms with van der Waals surface area (Å²) in [4.78, 5) is 28.7. The Morgan fingerprint density at radius 2 is 1.62 bits per heavy atom. The topological polar surface area (TPSA) is 97.7 Å². The second kappa shape index (κ2) is 14.4. The van der Waals surface area contributed by atoms with Crippen LogP contribution < -0.4 is 10.6 Å². The molecule has 1 fully saturated rings. The molecule has 1 aromatic heterocycles. The van der Waals surface area contributed by atoms with E-state index in [-0.39, 0.29) is 30.1 Å². The predicted octanol–water partition coefficient (Wildman–Crippen LogP) is 7.61. The summed E-state index contributed by atoms with van der Waals surface area (Å²) in [5.74, 6) is 1.41. The molecule has 1 atom stereocenters. The molecule has 0 radical (unpaired) electrons. The number of benzene rings is 3. The molecule has 48 heavy (non-hydrogen) atoms. The number of amides is 3. The van der Waals surface area contributed by atoms with Crippen molar-refractivity contribution in [1.29, 1.82) is 0 Å². The van der Waals surface area contributed by atoms with Crippen molar-refractivity contribution < 1.29 is 19.1 Å². The quantitative estimate of drug-likeness (QED) is 0.195.